The highest BCUT2D eigenvalue weighted by molar-refractivity contribution is 5.92. The van der Waals surface area contributed by atoms with Crippen molar-refractivity contribution in [1.82, 2.24) is 15.2 Å². The van der Waals surface area contributed by atoms with Gasteiger partial charge in [-0.3, -0.25) is 4.79 Å². The third-order valence-electron chi connectivity index (χ3n) is 3.85. The first-order chi connectivity index (χ1) is 10.2. The van der Waals surface area contributed by atoms with Gasteiger partial charge >= 0.3 is 0 Å². The number of piperidine rings is 1. The first-order valence-corrected chi connectivity index (χ1v) is 7.43. The Balaban J connectivity index is 1.65. The van der Waals surface area contributed by atoms with Gasteiger partial charge in [0, 0.05) is 25.9 Å². The third-order valence-corrected chi connectivity index (χ3v) is 3.85. The summed E-state index contributed by atoms with van der Waals surface area (Å²) in [5, 5.41) is 20.7. The Hall–Kier alpha value is -1.84. The molecular weight excluding hydrogens is 268 g/mol. The summed E-state index contributed by atoms with van der Waals surface area (Å²) in [5.74, 6) is 0.222. The molecule has 6 heteroatoms. The van der Waals surface area contributed by atoms with Crippen LogP contribution in [0.1, 0.15) is 35.3 Å². The van der Waals surface area contributed by atoms with E-state index in [-0.39, 0.29) is 12.5 Å². The quantitative estimate of drug-likeness (QED) is 0.673. The fourth-order valence-electron chi connectivity index (χ4n) is 2.69. The Morgan fingerprint density at radius 2 is 2.48 bits per heavy atom. The van der Waals surface area contributed by atoms with Crippen molar-refractivity contribution in [2.24, 2.45) is 5.92 Å². The average molecular weight is 290 g/mol. The highest BCUT2D eigenvalue weighted by Crippen LogP contribution is 2.15. The first kappa shape index (κ1) is 15.5. The van der Waals surface area contributed by atoms with Crippen LogP contribution in [0.3, 0.4) is 0 Å². The Kier molecular flexibility index (Phi) is 5.78. The van der Waals surface area contributed by atoms with Gasteiger partial charge in [-0.2, -0.15) is 5.26 Å². The lowest BCUT2D eigenvalue weighted by Gasteiger charge is -2.31. The maximum absolute atomic E-state index is 11.8. The van der Waals surface area contributed by atoms with Gasteiger partial charge in [-0.25, -0.2) is 0 Å². The molecular formula is C15H22N4O2. The molecule has 1 aromatic rings. The van der Waals surface area contributed by atoms with Crippen LogP contribution in [0.15, 0.2) is 12.3 Å². The summed E-state index contributed by atoms with van der Waals surface area (Å²) in [4.78, 5) is 17.0. The smallest absolute Gasteiger partial charge is 0.267 e. The molecule has 0 unspecified atom stereocenters. The SMILES string of the molecule is N#Cc1c[nH]c(C(=O)NCCCN2CCC[C@@H](CO)C2)c1. The van der Waals surface area contributed by atoms with E-state index in [1.165, 1.54) is 6.20 Å². The molecule has 0 aromatic carbocycles. The number of H-pyrrole nitrogens is 1. The van der Waals surface area contributed by atoms with Crippen molar-refractivity contribution in [2.75, 3.05) is 32.8 Å². The summed E-state index contributed by atoms with van der Waals surface area (Å²) >= 11 is 0. The zero-order valence-corrected chi connectivity index (χ0v) is 12.1. The standard InChI is InChI=1S/C15H22N4O2/c16-8-13-7-14(18-9-13)15(21)17-4-2-6-19-5-1-3-12(10-19)11-20/h7,9,12,18,20H,1-6,10-11H2,(H,17,21)/t12-/m1/s1. The van der Waals surface area contributed by atoms with Gasteiger partial charge in [0.2, 0.25) is 0 Å². The minimum Gasteiger partial charge on any atom is -0.396 e. The minimum absolute atomic E-state index is 0.177. The van der Waals surface area contributed by atoms with Gasteiger partial charge in [0.05, 0.1) is 5.56 Å². The average Bonchev–Trinajstić information content (AvgIpc) is 3.00. The number of aliphatic hydroxyl groups excluding tert-OH is 1. The second-order valence-electron chi connectivity index (χ2n) is 5.51. The predicted octanol–water partition coefficient (Wildman–Crippen LogP) is 0.711. The number of aliphatic hydroxyl groups is 1. The summed E-state index contributed by atoms with van der Waals surface area (Å²) < 4.78 is 0. The molecule has 114 valence electrons. The fraction of sp³-hybridized carbons (Fsp3) is 0.600. The number of hydrogen-bond donors (Lipinski definition) is 3. The Morgan fingerprint density at radius 1 is 1.62 bits per heavy atom. The molecule has 3 N–H and O–H groups in total. The van der Waals surface area contributed by atoms with Gasteiger partial charge in [-0.1, -0.05) is 0 Å². The van der Waals surface area contributed by atoms with Crippen molar-refractivity contribution in [2.45, 2.75) is 19.3 Å². The monoisotopic (exact) mass is 290 g/mol. The number of aromatic nitrogens is 1. The molecule has 1 atom stereocenters. The molecule has 0 radical (unpaired) electrons. The Labute approximate surface area is 124 Å². The van der Waals surface area contributed by atoms with Crippen LogP contribution in [-0.4, -0.2) is 53.7 Å². The van der Waals surface area contributed by atoms with Gasteiger partial charge in [-0.15, -0.1) is 0 Å². The zero-order valence-electron chi connectivity index (χ0n) is 12.1. The van der Waals surface area contributed by atoms with Gasteiger partial charge in [0.15, 0.2) is 0 Å². The second-order valence-corrected chi connectivity index (χ2v) is 5.51. The van der Waals surface area contributed by atoms with E-state index in [1.54, 1.807) is 6.07 Å². The molecule has 1 aromatic heterocycles. The largest absolute Gasteiger partial charge is 0.396 e. The molecule has 1 amide bonds. The number of aromatic amines is 1. The molecule has 21 heavy (non-hydrogen) atoms. The lowest BCUT2D eigenvalue weighted by atomic mass is 9.99. The first-order valence-electron chi connectivity index (χ1n) is 7.43. The van der Waals surface area contributed by atoms with E-state index in [0.717, 1.165) is 38.9 Å². The zero-order chi connectivity index (χ0) is 15.1. The topological polar surface area (TPSA) is 92.1 Å². The summed E-state index contributed by atoms with van der Waals surface area (Å²) in [5.41, 5.74) is 0.883. The van der Waals surface area contributed by atoms with Crippen LogP contribution < -0.4 is 5.32 Å². The van der Waals surface area contributed by atoms with Crippen LogP contribution in [0.5, 0.6) is 0 Å². The molecule has 0 aliphatic carbocycles. The van der Waals surface area contributed by atoms with Crippen LogP contribution in [0.2, 0.25) is 0 Å². The van der Waals surface area contributed by atoms with Crippen LogP contribution in [-0.2, 0) is 0 Å². The van der Waals surface area contributed by atoms with Crippen molar-refractivity contribution in [1.29, 1.82) is 5.26 Å². The minimum atomic E-state index is -0.177. The molecule has 2 heterocycles. The van der Waals surface area contributed by atoms with Crippen LogP contribution in [0, 0.1) is 17.2 Å². The summed E-state index contributed by atoms with van der Waals surface area (Å²) in [6.45, 7) is 3.84. The number of hydrogen-bond acceptors (Lipinski definition) is 4. The maximum Gasteiger partial charge on any atom is 0.267 e. The van der Waals surface area contributed by atoms with E-state index in [2.05, 4.69) is 15.2 Å². The van der Waals surface area contributed by atoms with Crippen LogP contribution in [0.4, 0.5) is 0 Å². The van der Waals surface area contributed by atoms with Gasteiger partial charge in [0.25, 0.3) is 5.91 Å². The van der Waals surface area contributed by atoms with E-state index in [9.17, 15) is 9.90 Å². The van der Waals surface area contributed by atoms with Crippen molar-refractivity contribution in [3.8, 4) is 6.07 Å². The maximum atomic E-state index is 11.8. The second kappa shape index (κ2) is 7.81. The summed E-state index contributed by atoms with van der Waals surface area (Å²) in [6.07, 6.45) is 4.65. The van der Waals surface area contributed by atoms with E-state index < -0.39 is 0 Å². The number of nitrogens with zero attached hydrogens (tertiary/aromatic N) is 2. The Bertz CT molecular complexity index is 506. The molecule has 1 aliphatic rings. The number of carbonyl (C=O) groups is 1. The molecule has 1 aliphatic heterocycles. The van der Waals surface area contributed by atoms with Crippen molar-refractivity contribution >= 4 is 5.91 Å². The van der Waals surface area contributed by atoms with Gasteiger partial charge < -0.3 is 20.3 Å². The number of amides is 1. The van der Waals surface area contributed by atoms with Crippen molar-refractivity contribution < 1.29 is 9.90 Å². The molecule has 0 saturated carbocycles. The molecule has 2 rings (SSSR count). The number of rotatable bonds is 6. The van der Waals surface area contributed by atoms with E-state index in [4.69, 9.17) is 5.26 Å². The van der Waals surface area contributed by atoms with Crippen LogP contribution >= 0.6 is 0 Å². The van der Waals surface area contributed by atoms with Crippen molar-refractivity contribution in [3.63, 3.8) is 0 Å². The lowest BCUT2D eigenvalue weighted by Crippen LogP contribution is -2.38. The van der Waals surface area contributed by atoms with E-state index in [0.29, 0.717) is 23.7 Å². The highest BCUT2D eigenvalue weighted by atomic mass is 16.3. The normalized spacial score (nSPS) is 19.1. The van der Waals surface area contributed by atoms with Gasteiger partial charge in [0.1, 0.15) is 11.8 Å². The molecule has 1 saturated heterocycles. The Morgan fingerprint density at radius 3 is 3.19 bits per heavy atom. The molecule has 0 bridgehead atoms. The van der Waals surface area contributed by atoms with Crippen LogP contribution in [0.25, 0.3) is 0 Å². The molecule has 1 fully saturated rings. The van der Waals surface area contributed by atoms with Gasteiger partial charge in [-0.05, 0) is 44.3 Å². The van der Waals surface area contributed by atoms with E-state index >= 15 is 0 Å². The fourth-order valence-corrected chi connectivity index (χ4v) is 2.69. The van der Waals surface area contributed by atoms with E-state index in [1.807, 2.05) is 6.07 Å². The molecule has 6 nitrogen and oxygen atoms in total. The predicted molar refractivity (Wildman–Crippen MR) is 78.7 cm³/mol. The number of nitriles is 1. The highest BCUT2D eigenvalue weighted by Gasteiger charge is 2.18. The third kappa shape index (κ3) is 4.59. The number of nitrogens with one attached hydrogen (secondary N) is 2. The molecule has 0 spiro atoms. The number of likely N-dealkylation sites (tertiary alicyclic amines) is 1. The summed E-state index contributed by atoms with van der Waals surface area (Å²) in [6, 6.07) is 3.53. The summed E-state index contributed by atoms with van der Waals surface area (Å²) in [7, 11) is 0. The van der Waals surface area contributed by atoms with Crippen molar-refractivity contribution in [3.05, 3.63) is 23.5 Å². The number of carbonyl (C=O) groups excluding carboxylic acids is 1. The lowest BCUT2D eigenvalue weighted by molar-refractivity contribution is 0.0942.